The van der Waals surface area contributed by atoms with Crippen molar-refractivity contribution in [3.05, 3.63) is 47.5 Å². The fraction of sp³-hybridized carbons (Fsp3) is 0.182. The SMILES string of the molecule is C=CC(NC(=O)C(Cl)(Cl)Cl)c1ccc(Cl)cc1. The molecule has 6 heteroatoms. The summed E-state index contributed by atoms with van der Waals surface area (Å²) < 4.78 is -1.99. The van der Waals surface area contributed by atoms with Crippen molar-refractivity contribution in [3.8, 4) is 0 Å². The number of alkyl halides is 3. The lowest BCUT2D eigenvalue weighted by atomic mass is 10.1. The first kappa shape index (κ1) is 14.7. The first-order chi connectivity index (χ1) is 7.84. The maximum Gasteiger partial charge on any atom is 0.272 e. The molecule has 1 aromatic carbocycles. The summed E-state index contributed by atoms with van der Waals surface area (Å²) in [4.78, 5) is 11.5. The van der Waals surface area contributed by atoms with E-state index in [4.69, 9.17) is 46.4 Å². The van der Waals surface area contributed by atoms with Gasteiger partial charge in [-0.2, -0.15) is 0 Å². The maximum absolute atomic E-state index is 11.5. The average molecular weight is 313 g/mol. The summed E-state index contributed by atoms with van der Waals surface area (Å²) in [6.07, 6.45) is 1.54. The van der Waals surface area contributed by atoms with Gasteiger partial charge in [-0.1, -0.05) is 64.6 Å². The van der Waals surface area contributed by atoms with E-state index < -0.39 is 15.7 Å². The van der Waals surface area contributed by atoms with Crippen molar-refractivity contribution in [3.63, 3.8) is 0 Å². The van der Waals surface area contributed by atoms with Gasteiger partial charge in [0.1, 0.15) is 0 Å². The van der Waals surface area contributed by atoms with E-state index in [1.165, 1.54) is 6.08 Å². The minimum atomic E-state index is -1.99. The van der Waals surface area contributed by atoms with E-state index in [9.17, 15) is 4.79 Å². The molecule has 1 amide bonds. The van der Waals surface area contributed by atoms with Crippen LogP contribution in [0, 0.1) is 0 Å². The number of rotatable bonds is 3. The van der Waals surface area contributed by atoms with E-state index in [-0.39, 0.29) is 0 Å². The maximum atomic E-state index is 11.5. The number of amides is 1. The zero-order valence-electron chi connectivity index (χ0n) is 8.59. The van der Waals surface area contributed by atoms with Gasteiger partial charge in [0, 0.05) is 5.02 Å². The lowest BCUT2D eigenvalue weighted by Crippen LogP contribution is -2.36. The van der Waals surface area contributed by atoms with Crippen LogP contribution >= 0.6 is 46.4 Å². The third-order valence-corrected chi connectivity index (χ3v) is 2.78. The highest BCUT2D eigenvalue weighted by atomic mass is 35.6. The van der Waals surface area contributed by atoms with Gasteiger partial charge in [-0.15, -0.1) is 6.58 Å². The highest BCUT2D eigenvalue weighted by Crippen LogP contribution is 2.27. The minimum absolute atomic E-state index is 0.435. The fourth-order valence-corrected chi connectivity index (χ4v) is 1.46. The quantitative estimate of drug-likeness (QED) is 0.662. The first-order valence-electron chi connectivity index (χ1n) is 4.60. The van der Waals surface area contributed by atoms with E-state index in [0.29, 0.717) is 5.02 Å². The Morgan fingerprint density at radius 1 is 1.29 bits per heavy atom. The van der Waals surface area contributed by atoms with Gasteiger partial charge in [0.05, 0.1) is 6.04 Å². The van der Waals surface area contributed by atoms with Crippen LogP contribution in [-0.2, 0) is 4.79 Å². The molecule has 0 aliphatic heterocycles. The number of halogens is 4. The Kier molecular flexibility index (Phi) is 5.14. The van der Waals surface area contributed by atoms with E-state index in [2.05, 4.69) is 11.9 Å². The van der Waals surface area contributed by atoms with Gasteiger partial charge >= 0.3 is 0 Å². The minimum Gasteiger partial charge on any atom is -0.342 e. The van der Waals surface area contributed by atoms with Crippen LogP contribution in [0.4, 0.5) is 0 Å². The summed E-state index contributed by atoms with van der Waals surface area (Å²) in [5.74, 6) is -0.706. The van der Waals surface area contributed by atoms with Gasteiger partial charge in [-0.05, 0) is 17.7 Å². The van der Waals surface area contributed by atoms with E-state index in [1.54, 1.807) is 24.3 Å². The standard InChI is InChI=1S/C11H9Cl4NO/c1-2-9(16-10(17)11(13,14)15)7-3-5-8(12)6-4-7/h2-6,9H,1H2,(H,16,17). The molecule has 0 aliphatic carbocycles. The smallest absolute Gasteiger partial charge is 0.272 e. The average Bonchev–Trinajstić information content (AvgIpc) is 2.25. The largest absolute Gasteiger partial charge is 0.342 e. The van der Waals surface area contributed by atoms with Gasteiger partial charge in [-0.3, -0.25) is 4.79 Å². The van der Waals surface area contributed by atoms with E-state index in [0.717, 1.165) is 5.56 Å². The molecule has 1 aromatic rings. The van der Waals surface area contributed by atoms with Crippen LogP contribution < -0.4 is 5.32 Å². The molecular weight excluding hydrogens is 304 g/mol. The molecule has 0 saturated heterocycles. The Morgan fingerprint density at radius 2 is 1.82 bits per heavy atom. The fourth-order valence-electron chi connectivity index (χ4n) is 1.17. The Bertz CT molecular complexity index is 410. The predicted molar refractivity (Wildman–Crippen MR) is 72.8 cm³/mol. The molecule has 2 nitrogen and oxygen atoms in total. The monoisotopic (exact) mass is 311 g/mol. The molecule has 0 spiro atoms. The van der Waals surface area contributed by atoms with Crippen LogP contribution in [0.5, 0.6) is 0 Å². The summed E-state index contributed by atoms with van der Waals surface area (Å²) in [6.45, 7) is 3.62. The molecule has 1 unspecified atom stereocenters. The highest BCUT2D eigenvalue weighted by Gasteiger charge is 2.31. The van der Waals surface area contributed by atoms with Crippen LogP contribution in [-0.4, -0.2) is 9.70 Å². The molecule has 17 heavy (non-hydrogen) atoms. The topological polar surface area (TPSA) is 29.1 Å². The molecule has 0 aliphatic rings. The van der Waals surface area contributed by atoms with Crippen LogP contribution in [0.2, 0.25) is 5.02 Å². The van der Waals surface area contributed by atoms with Crippen LogP contribution in [0.3, 0.4) is 0 Å². The van der Waals surface area contributed by atoms with Crippen LogP contribution in [0.1, 0.15) is 11.6 Å². The summed E-state index contributed by atoms with van der Waals surface area (Å²) in [5.41, 5.74) is 0.798. The zero-order valence-corrected chi connectivity index (χ0v) is 11.6. The number of carbonyl (C=O) groups is 1. The van der Waals surface area contributed by atoms with Gasteiger partial charge in [0.2, 0.25) is 0 Å². The first-order valence-corrected chi connectivity index (χ1v) is 6.11. The highest BCUT2D eigenvalue weighted by molar-refractivity contribution is 6.76. The number of hydrogen-bond acceptors (Lipinski definition) is 1. The Morgan fingerprint density at radius 3 is 2.24 bits per heavy atom. The Hall–Kier alpha value is -0.410. The summed E-state index contributed by atoms with van der Waals surface area (Å²) in [5, 5.41) is 3.15. The summed E-state index contributed by atoms with van der Waals surface area (Å²) >= 11 is 22.1. The normalized spacial score (nSPS) is 12.9. The Balaban J connectivity index is 2.83. The second-order valence-corrected chi connectivity index (χ2v) is 5.95. The molecule has 0 heterocycles. The number of nitrogens with one attached hydrogen (secondary N) is 1. The zero-order chi connectivity index (χ0) is 13.1. The van der Waals surface area contributed by atoms with Crippen molar-refractivity contribution in [1.29, 1.82) is 0 Å². The molecular formula is C11H9Cl4NO. The van der Waals surface area contributed by atoms with Crippen molar-refractivity contribution in [2.24, 2.45) is 0 Å². The summed E-state index contributed by atoms with van der Waals surface area (Å²) in [7, 11) is 0. The van der Waals surface area contributed by atoms with Crippen molar-refractivity contribution >= 4 is 52.3 Å². The van der Waals surface area contributed by atoms with Crippen LogP contribution in [0.15, 0.2) is 36.9 Å². The molecule has 0 radical (unpaired) electrons. The Labute approximate surface area is 119 Å². The van der Waals surface area contributed by atoms with Gasteiger partial charge < -0.3 is 5.32 Å². The van der Waals surface area contributed by atoms with Crippen molar-refractivity contribution < 1.29 is 4.79 Å². The second kappa shape index (κ2) is 5.96. The molecule has 92 valence electrons. The van der Waals surface area contributed by atoms with Crippen molar-refractivity contribution in [2.75, 3.05) is 0 Å². The van der Waals surface area contributed by atoms with Gasteiger partial charge in [-0.25, -0.2) is 0 Å². The number of hydrogen-bond donors (Lipinski definition) is 1. The van der Waals surface area contributed by atoms with Crippen LogP contribution in [0.25, 0.3) is 0 Å². The molecule has 1 N–H and O–H groups in total. The van der Waals surface area contributed by atoms with Gasteiger partial charge in [0.25, 0.3) is 9.70 Å². The lowest BCUT2D eigenvalue weighted by Gasteiger charge is -2.18. The number of benzene rings is 1. The number of carbonyl (C=O) groups excluding carboxylic acids is 1. The lowest BCUT2D eigenvalue weighted by molar-refractivity contribution is -0.120. The van der Waals surface area contributed by atoms with Gasteiger partial charge in [0.15, 0.2) is 0 Å². The van der Waals surface area contributed by atoms with E-state index in [1.807, 2.05) is 0 Å². The molecule has 1 rings (SSSR count). The molecule has 0 bridgehead atoms. The molecule has 1 atom stereocenters. The van der Waals surface area contributed by atoms with E-state index >= 15 is 0 Å². The molecule has 0 saturated carbocycles. The molecule has 0 aromatic heterocycles. The predicted octanol–water partition coefficient (Wildman–Crippen LogP) is 4.05. The second-order valence-electron chi connectivity index (χ2n) is 3.24. The third kappa shape index (κ3) is 4.40. The summed E-state index contributed by atoms with van der Waals surface area (Å²) in [6, 6.07) is 6.49. The van der Waals surface area contributed by atoms with Crippen molar-refractivity contribution in [2.45, 2.75) is 9.83 Å². The molecule has 0 fully saturated rings. The van der Waals surface area contributed by atoms with Crippen molar-refractivity contribution in [1.82, 2.24) is 5.32 Å². The third-order valence-electron chi connectivity index (χ3n) is 2.01.